The number of nitrogens with one attached hydrogen (secondary N) is 1. The van der Waals surface area contributed by atoms with Gasteiger partial charge in [-0.25, -0.2) is 9.97 Å². The lowest BCUT2D eigenvalue weighted by Gasteiger charge is -2.08. The number of nitrogens with two attached hydrogens (primary N) is 1. The fourth-order valence-electron chi connectivity index (χ4n) is 1.78. The second kappa shape index (κ2) is 7.65. The minimum absolute atomic E-state index is 0.0625. The van der Waals surface area contributed by atoms with Crippen molar-refractivity contribution >= 4 is 11.7 Å². The van der Waals surface area contributed by atoms with E-state index in [9.17, 15) is 4.79 Å². The maximum Gasteiger partial charge on any atom is 0.278 e. The van der Waals surface area contributed by atoms with E-state index in [0.29, 0.717) is 11.4 Å². The third-order valence-electron chi connectivity index (χ3n) is 2.94. The van der Waals surface area contributed by atoms with E-state index >= 15 is 0 Å². The van der Waals surface area contributed by atoms with E-state index in [1.807, 2.05) is 13.0 Å². The molecule has 6 nitrogen and oxygen atoms in total. The zero-order valence-electron chi connectivity index (χ0n) is 12.7. The Morgan fingerprint density at radius 2 is 2.09 bits per heavy atom. The van der Waals surface area contributed by atoms with Gasteiger partial charge in [-0.15, -0.1) is 0 Å². The van der Waals surface area contributed by atoms with Gasteiger partial charge in [0.15, 0.2) is 11.5 Å². The molecule has 2 heterocycles. The van der Waals surface area contributed by atoms with Crippen LogP contribution in [0.5, 0.6) is 0 Å². The first-order chi connectivity index (χ1) is 11.2. The molecule has 23 heavy (non-hydrogen) atoms. The molecule has 2 aromatic rings. The van der Waals surface area contributed by atoms with Crippen LogP contribution < -0.4 is 11.1 Å². The lowest BCUT2D eigenvalue weighted by atomic mass is 10.2. The summed E-state index contributed by atoms with van der Waals surface area (Å²) in [7, 11) is 0. The van der Waals surface area contributed by atoms with Gasteiger partial charge in [0.2, 0.25) is 0 Å². The Bertz CT molecular complexity index is 766. The Kier molecular flexibility index (Phi) is 5.35. The Labute approximate surface area is 134 Å². The average Bonchev–Trinajstić information content (AvgIpc) is 2.59. The molecule has 6 heteroatoms. The monoisotopic (exact) mass is 307 g/mol. The molecule has 0 atom stereocenters. The highest BCUT2D eigenvalue weighted by molar-refractivity contribution is 5.98. The minimum Gasteiger partial charge on any atom is -0.382 e. The molecule has 0 spiro atoms. The molecule has 0 unspecified atom stereocenters. The van der Waals surface area contributed by atoms with Crippen LogP contribution in [0.2, 0.25) is 0 Å². The normalized spacial score (nSPS) is 11.4. The zero-order chi connectivity index (χ0) is 16.7. The number of allylic oxidation sites excluding steroid dienone is 4. The van der Waals surface area contributed by atoms with Crippen molar-refractivity contribution in [2.45, 2.75) is 6.92 Å². The fraction of sp³-hybridized carbons (Fsp3) is 0.0588. The summed E-state index contributed by atoms with van der Waals surface area (Å²) < 4.78 is 0. The molecule has 3 N–H and O–H groups in total. The molecule has 0 aliphatic rings. The average molecular weight is 307 g/mol. The molecule has 0 saturated carbocycles. The van der Waals surface area contributed by atoms with Gasteiger partial charge in [-0.2, -0.15) is 0 Å². The maximum atomic E-state index is 12.4. The highest BCUT2D eigenvalue weighted by atomic mass is 16.1. The van der Waals surface area contributed by atoms with Crippen LogP contribution in [0.4, 0.5) is 5.82 Å². The van der Waals surface area contributed by atoms with E-state index < -0.39 is 5.91 Å². The van der Waals surface area contributed by atoms with E-state index in [2.05, 4.69) is 26.8 Å². The number of anilines is 1. The lowest BCUT2D eigenvalue weighted by Crippen LogP contribution is -2.24. The molecule has 0 aliphatic carbocycles. The van der Waals surface area contributed by atoms with E-state index in [4.69, 9.17) is 5.73 Å². The van der Waals surface area contributed by atoms with Crippen molar-refractivity contribution < 1.29 is 4.79 Å². The number of pyridine rings is 1. The third-order valence-corrected chi connectivity index (χ3v) is 2.94. The molecule has 1 amide bonds. The predicted molar refractivity (Wildman–Crippen MR) is 90.2 cm³/mol. The third kappa shape index (κ3) is 4.10. The number of nitrogens with zero attached hydrogens (tertiary/aromatic N) is 3. The molecular formula is C17H17N5O. The first-order valence-corrected chi connectivity index (χ1v) is 6.95. The van der Waals surface area contributed by atoms with E-state index in [-0.39, 0.29) is 11.5 Å². The molecule has 0 aromatic carbocycles. The summed E-state index contributed by atoms with van der Waals surface area (Å²) in [4.78, 5) is 24.7. The summed E-state index contributed by atoms with van der Waals surface area (Å²) in [5.74, 6) is -0.378. The van der Waals surface area contributed by atoms with Gasteiger partial charge in [0, 0.05) is 23.7 Å². The largest absolute Gasteiger partial charge is 0.382 e. The highest BCUT2D eigenvalue weighted by Gasteiger charge is 2.15. The van der Waals surface area contributed by atoms with Crippen molar-refractivity contribution in [1.82, 2.24) is 20.3 Å². The predicted octanol–water partition coefficient (Wildman–Crippen LogP) is 2.50. The van der Waals surface area contributed by atoms with Crippen molar-refractivity contribution in [2.75, 3.05) is 5.73 Å². The minimum atomic E-state index is -0.443. The standard InChI is InChI=1S/C17H17N5O/c1-3-5-6-13(4-2)21-17(23)15-16(18)20-11-14(22-15)12-7-9-19-10-8-12/h3-11H,2H2,1H3,(H2,18,20)(H,21,23)/b5-3-,13-6+. The number of carbonyl (C=O) groups is 1. The molecule has 0 aliphatic heterocycles. The van der Waals surface area contributed by atoms with Gasteiger partial charge in [0.25, 0.3) is 5.91 Å². The van der Waals surface area contributed by atoms with E-state index in [1.54, 1.807) is 36.7 Å². The second-order valence-corrected chi connectivity index (χ2v) is 4.53. The van der Waals surface area contributed by atoms with Gasteiger partial charge in [0.05, 0.1) is 11.9 Å². The first-order valence-electron chi connectivity index (χ1n) is 6.95. The fourth-order valence-corrected chi connectivity index (χ4v) is 1.78. The first kappa shape index (κ1) is 16.1. The van der Waals surface area contributed by atoms with Crippen LogP contribution in [0.1, 0.15) is 17.4 Å². The lowest BCUT2D eigenvalue weighted by molar-refractivity contribution is 0.0963. The number of rotatable bonds is 5. The molecule has 2 rings (SSSR count). The van der Waals surface area contributed by atoms with Gasteiger partial charge in [-0.05, 0) is 31.2 Å². The molecule has 2 aromatic heterocycles. The van der Waals surface area contributed by atoms with Crippen molar-refractivity contribution in [1.29, 1.82) is 0 Å². The van der Waals surface area contributed by atoms with Crippen molar-refractivity contribution in [2.24, 2.45) is 0 Å². The van der Waals surface area contributed by atoms with Crippen molar-refractivity contribution in [3.8, 4) is 11.3 Å². The topological polar surface area (TPSA) is 93.8 Å². The van der Waals surface area contributed by atoms with Crippen LogP contribution in [-0.2, 0) is 0 Å². The summed E-state index contributed by atoms with van der Waals surface area (Å²) in [6, 6.07) is 3.56. The molecular weight excluding hydrogens is 290 g/mol. The number of aromatic nitrogens is 3. The van der Waals surface area contributed by atoms with Gasteiger partial charge in [0.1, 0.15) is 0 Å². The number of hydrogen-bond acceptors (Lipinski definition) is 5. The number of amides is 1. The van der Waals surface area contributed by atoms with Crippen LogP contribution in [0, 0.1) is 0 Å². The molecule has 0 saturated heterocycles. The summed E-state index contributed by atoms with van der Waals surface area (Å²) in [5.41, 5.74) is 7.73. The Morgan fingerprint density at radius 1 is 1.35 bits per heavy atom. The summed E-state index contributed by atoms with van der Waals surface area (Å²) in [6.07, 6.45) is 11.7. The van der Waals surface area contributed by atoms with Gasteiger partial charge < -0.3 is 11.1 Å². The molecule has 0 radical (unpaired) electrons. The number of nitrogen functional groups attached to an aromatic ring is 1. The Balaban J connectivity index is 2.32. The number of carbonyl (C=O) groups excluding carboxylic acids is 1. The van der Waals surface area contributed by atoms with Gasteiger partial charge >= 0.3 is 0 Å². The second-order valence-electron chi connectivity index (χ2n) is 4.53. The highest BCUT2D eigenvalue weighted by Crippen LogP contribution is 2.17. The molecule has 0 bridgehead atoms. The molecule has 0 fully saturated rings. The van der Waals surface area contributed by atoms with Gasteiger partial charge in [-0.1, -0.05) is 18.7 Å². The van der Waals surface area contributed by atoms with Crippen LogP contribution in [0.3, 0.4) is 0 Å². The Morgan fingerprint density at radius 3 is 2.74 bits per heavy atom. The zero-order valence-corrected chi connectivity index (χ0v) is 12.7. The van der Waals surface area contributed by atoms with Gasteiger partial charge in [-0.3, -0.25) is 9.78 Å². The smallest absolute Gasteiger partial charge is 0.278 e. The van der Waals surface area contributed by atoms with Crippen LogP contribution in [0.25, 0.3) is 11.3 Å². The SMILES string of the molecule is C=C/C(=C\C=C/C)NC(=O)c1nc(-c2ccncc2)cnc1N. The van der Waals surface area contributed by atoms with E-state index in [1.165, 1.54) is 12.3 Å². The summed E-state index contributed by atoms with van der Waals surface area (Å²) in [5, 5.41) is 2.70. The van der Waals surface area contributed by atoms with Crippen molar-refractivity contribution in [3.63, 3.8) is 0 Å². The van der Waals surface area contributed by atoms with Crippen LogP contribution in [0.15, 0.2) is 67.3 Å². The van der Waals surface area contributed by atoms with Crippen molar-refractivity contribution in [3.05, 3.63) is 73.0 Å². The summed E-state index contributed by atoms with van der Waals surface area (Å²) in [6.45, 7) is 5.53. The quantitative estimate of drug-likeness (QED) is 0.828. The maximum absolute atomic E-state index is 12.4. The Hall–Kier alpha value is -3.28. The molecule has 116 valence electrons. The van der Waals surface area contributed by atoms with Crippen LogP contribution >= 0.6 is 0 Å². The van der Waals surface area contributed by atoms with E-state index in [0.717, 1.165) is 5.56 Å². The van der Waals surface area contributed by atoms with Crippen LogP contribution in [-0.4, -0.2) is 20.9 Å². The number of hydrogen-bond donors (Lipinski definition) is 2. The summed E-state index contributed by atoms with van der Waals surface area (Å²) >= 11 is 0.